The molecule has 0 atom stereocenters. The molecule has 1 aliphatic heterocycles. The predicted octanol–water partition coefficient (Wildman–Crippen LogP) is 3.08. The van der Waals surface area contributed by atoms with Gasteiger partial charge in [0, 0.05) is 6.54 Å². The summed E-state index contributed by atoms with van der Waals surface area (Å²) in [6.45, 7) is 0.928. The summed E-state index contributed by atoms with van der Waals surface area (Å²) >= 11 is 0. The van der Waals surface area contributed by atoms with Crippen LogP contribution in [0.1, 0.15) is 11.1 Å². The molecule has 2 aromatic rings. The molecule has 0 fully saturated rings. The van der Waals surface area contributed by atoms with Gasteiger partial charge in [-0.15, -0.1) is 0 Å². The molecule has 0 aromatic heterocycles. The third-order valence-electron chi connectivity index (χ3n) is 3.04. The van der Waals surface area contributed by atoms with Crippen LogP contribution >= 0.6 is 0 Å². The lowest BCUT2D eigenvalue weighted by Gasteiger charge is -2.16. The highest BCUT2D eigenvalue weighted by atomic mass is 15.4. The van der Waals surface area contributed by atoms with Gasteiger partial charge in [-0.05, 0) is 29.7 Å². The van der Waals surface area contributed by atoms with E-state index in [1.54, 1.807) is 0 Å². The van der Waals surface area contributed by atoms with Crippen LogP contribution in [0.25, 0.3) is 0 Å². The van der Waals surface area contributed by atoms with Crippen molar-refractivity contribution in [1.82, 2.24) is 0 Å². The van der Waals surface area contributed by atoms with Crippen LogP contribution in [0.5, 0.6) is 0 Å². The fourth-order valence-corrected chi connectivity index (χ4v) is 2.10. The number of anilines is 1. The van der Waals surface area contributed by atoms with E-state index < -0.39 is 0 Å². The van der Waals surface area contributed by atoms with Gasteiger partial charge in [-0.1, -0.05) is 42.5 Å². The van der Waals surface area contributed by atoms with E-state index in [2.05, 4.69) is 46.5 Å². The molecule has 17 heavy (non-hydrogen) atoms. The second-order valence-corrected chi connectivity index (χ2v) is 4.15. The fourth-order valence-electron chi connectivity index (χ4n) is 2.10. The number of hydrazone groups is 1. The van der Waals surface area contributed by atoms with Crippen LogP contribution in [-0.4, -0.2) is 12.8 Å². The first kappa shape index (κ1) is 10.1. The van der Waals surface area contributed by atoms with Crippen molar-refractivity contribution in [2.75, 3.05) is 11.6 Å². The first-order valence-corrected chi connectivity index (χ1v) is 5.88. The van der Waals surface area contributed by atoms with Crippen LogP contribution < -0.4 is 5.01 Å². The van der Waals surface area contributed by atoms with Gasteiger partial charge in [-0.2, -0.15) is 5.10 Å². The molecule has 0 saturated carbocycles. The highest BCUT2D eigenvalue weighted by Crippen LogP contribution is 2.18. The van der Waals surface area contributed by atoms with Gasteiger partial charge in [0.15, 0.2) is 0 Å². The molecule has 84 valence electrons. The minimum absolute atomic E-state index is 0.928. The molecular formula is C15H14N2. The molecule has 2 nitrogen and oxygen atoms in total. The second kappa shape index (κ2) is 4.42. The number of benzene rings is 2. The van der Waals surface area contributed by atoms with Crippen molar-refractivity contribution in [3.8, 4) is 0 Å². The van der Waals surface area contributed by atoms with E-state index in [4.69, 9.17) is 0 Å². The van der Waals surface area contributed by atoms with Crippen LogP contribution in [0.4, 0.5) is 5.69 Å². The summed E-state index contributed by atoms with van der Waals surface area (Å²) in [4.78, 5) is 0. The van der Waals surface area contributed by atoms with Crippen molar-refractivity contribution >= 4 is 11.9 Å². The smallest absolute Gasteiger partial charge is 0.0594 e. The molecule has 0 saturated heterocycles. The highest BCUT2D eigenvalue weighted by molar-refractivity contribution is 5.83. The third-order valence-corrected chi connectivity index (χ3v) is 3.04. The lowest BCUT2D eigenvalue weighted by Crippen LogP contribution is -2.17. The SMILES string of the molecule is C1=NN(c2ccccc2)CCc2ccccc21. The van der Waals surface area contributed by atoms with E-state index in [0.717, 1.165) is 18.7 Å². The Morgan fingerprint density at radius 3 is 2.53 bits per heavy atom. The normalized spacial score (nSPS) is 14.2. The molecule has 1 aliphatic rings. The van der Waals surface area contributed by atoms with E-state index >= 15 is 0 Å². The van der Waals surface area contributed by atoms with Crippen molar-refractivity contribution in [1.29, 1.82) is 0 Å². The summed E-state index contributed by atoms with van der Waals surface area (Å²) in [5.74, 6) is 0. The zero-order valence-corrected chi connectivity index (χ0v) is 9.58. The van der Waals surface area contributed by atoms with Gasteiger partial charge in [0.25, 0.3) is 0 Å². The molecule has 0 unspecified atom stereocenters. The summed E-state index contributed by atoms with van der Waals surface area (Å²) in [7, 11) is 0. The zero-order chi connectivity index (χ0) is 11.5. The van der Waals surface area contributed by atoms with Crippen LogP contribution in [0.3, 0.4) is 0 Å². The lowest BCUT2D eigenvalue weighted by molar-refractivity contribution is 0.838. The molecule has 0 N–H and O–H groups in total. The van der Waals surface area contributed by atoms with Gasteiger partial charge < -0.3 is 0 Å². The quantitative estimate of drug-likeness (QED) is 0.724. The molecule has 0 bridgehead atoms. The molecule has 0 aliphatic carbocycles. The maximum Gasteiger partial charge on any atom is 0.0594 e. The van der Waals surface area contributed by atoms with Gasteiger partial charge in [0.2, 0.25) is 0 Å². The maximum absolute atomic E-state index is 4.54. The van der Waals surface area contributed by atoms with Gasteiger partial charge in [-0.3, -0.25) is 5.01 Å². The fraction of sp³-hybridized carbons (Fsp3) is 0.133. The number of hydrogen-bond donors (Lipinski definition) is 0. The molecular weight excluding hydrogens is 208 g/mol. The van der Waals surface area contributed by atoms with Crippen molar-refractivity contribution in [3.05, 3.63) is 65.7 Å². The number of nitrogens with zero attached hydrogens (tertiary/aromatic N) is 2. The van der Waals surface area contributed by atoms with Crippen molar-refractivity contribution in [3.63, 3.8) is 0 Å². The van der Waals surface area contributed by atoms with Crippen molar-refractivity contribution < 1.29 is 0 Å². The third kappa shape index (κ3) is 2.07. The number of rotatable bonds is 1. The Morgan fingerprint density at radius 1 is 0.882 bits per heavy atom. The van der Waals surface area contributed by atoms with Gasteiger partial charge >= 0.3 is 0 Å². The average Bonchev–Trinajstić information content (AvgIpc) is 2.62. The molecule has 0 radical (unpaired) electrons. The van der Waals surface area contributed by atoms with Crippen molar-refractivity contribution in [2.24, 2.45) is 5.10 Å². The molecule has 2 aromatic carbocycles. The standard InChI is InChI=1S/C15H14N2/c1-2-8-15(9-3-1)17-11-10-13-6-4-5-7-14(13)12-16-17/h1-9,12H,10-11H2. The van der Waals surface area contributed by atoms with Gasteiger partial charge in [0.1, 0.15) is 0 Å². The Kier molecular flexibility index (Phi) is 2.62. The Morgan fingerprint density at radius 2 is 1.65 bits per heavy atom. The minimum Gasteiger partial charge on any atom is -0.265 e. The number of fused-ring (bicyclic) bond motifs is 1. The van der Waals surface area contributed by atoms with Gasteiger partial charge in [-0.25, -0.2) is 0 Å². The van der Waals surface area contributed by atoms with E-state index in [-0.39, 0.29) is 0 Å². The minimum atomic E-state index is 0.928. The summed E-state index contributed by atoms with van der Waals surface area (Å²) in [5, 5.41) is 6.60. The number of para-hydroxylation sites is 1. The van der Waals surface area contributed by atoms with Crippen molar-refractivity contribution in [2.45, 2.75) is 6.42 Å². The highest BCUT2D eigenvalue weighted by Gasteiger charge is 2.09. The van der Waals surface area contributed by atoms with E-state index in [1.165, 1.54) is 11.1 Å². The maximum atomic E-state index is 4.54. The Bertz CT molecular complexity index is 532. The van der Waals surface area contributed by atoms with Crippen LogP contribution in [-0.2, 0) is 6.42 Å². The second-order valence-electron chi connectivity index (χ2n) is 4.15. The molecule has 2 heteroatoms. The summed E-state index contributed by atoms with van der Waals surface area (Å²) < 4.78 is 0. The zero-order valence-electron chi connectivity index (χ0n) is 9.58. The average molecular weight is 222 g/mol. The monoisotopic (exact) mass is 222 g/mol. The van der Waals surface area contributed by atoms with Gasteiger partial charge in [0.05, 0.1) is 11.9 Å². The largest absolute Gasteiger partial charge is 0.265 e. The molecule has 0 amide bonds. The molecule has 3 rings (SSSR count). The van der Waals surface area contributed by atoms with E-state index in [9.17, 15) is 0 Å². The van der Waals surface area contributed by atoms with E-state index in [1.807, 2.05) is 24.4 Å². The molecule has 1 heterocycles. The van der Waals surface area contributed by atoms with Crippen LogP contribution in [0.15, 0.2) is 59.7 Å². The van der Waals surface area contributed by atoms with E-state index in [0.29, 0.717) is 0 Å². The first-order valence-electron chi connectivity index (χ1n) is 5.88. The predicted molar refractivity (Wildman–Crippen MR) is 71.5 cm³/mol. The van der Waals surface area contributed by atoms with Crippen LogP contribution in [0.2, 0.25) is 0 Å². The lowest BCUT2D eigenvalue weighted by atomic mass is 10.1. The Labute approximate surface area is 101 Å². The summed E-state index contributed by atoms with van der Waals surface area (Å²) in [6, 6.07) is 18.7. The molecule has 0 spiro atoms. The van der Waals surface area contributed by atoms with Crippen LogP contribution in [0, 0.1) is 0 Å². The number of hydrogen-bond acceptors (Lipinski definition) is 2. The Balaban J connectivity index is 1.90. The Hall–Kier alpha value is -2.09. The summed E-state index contributed by atoms with van der Waals surface area (Å²) in [5.41, 5.74) is 3.75. The topological polar surface area (TPSA) is 15.6 Å². The first-order chi connectivity index (χ1) is 8.43. The summed E-state index contributed by atoms with van der Waals surface area (Å²) in [6.07, 6.45) is 2.99.